The van der Waals surface area contributed by atoms with Crippen LogP contribution in [0.5, 0.6) is 0 Å². The van der Waals surface area contributed by atoms with E-state index in [-0.39, 0.29) is 0 Å². The zero-order chi connectivity index (χ0) is 21.0. The zero-order valence-electron chi connectivity index (χ0n) is 17.0. The molecule has 0 fully saturated rings. The Morgan fingerprint density at radius 1 is 0.806 bits per heavy atom. The summed E-state index contributed by atoms with van der Waals surface area (Å²) < 4.78 is 0. The first-order valence-electron chi connectivity index (χ1n) is 9.99. The summed E-state index contributed by atoms with van der Waals surface area (Å²) in [5, 5.41) is 15.2. The summed E-state index contributed by atoms with van der Waals surface area (Å²) in [7, 11) is 1.89. The zero-order valence-corrected chi connectivity index (χ0v) is 17.0. The van der Waals surface area contributed by atoms with Gasteiger partial charge in [0.2, 0.25) is 5.95 Å². The quantitative estimate of drug-likeness (QED) is 0.400. The molecule has 2 aromatic heterocycles. The molecule has 0 spiro atoms. The van der Waals surface area contributed by atoms with Crippen LogP contribution in [-0.4, -0.2) is 32.7 Å². The van der Waals surface area contributed by atoms with Gasteiger partial charge in [-0.1, -0.05) is 84.0 Å². The summed E-state index contributed by atoms with van der Waals surface area (Å²) in [4.78, 5) is 6.71. The predicted molar refractivity (Wildman–Crippen MR) is 125 cm³/mol. The van der Waals surface area contributed by atoms with E-state index >= 15 is 0 Å². The second-order valence-corrected chi connectivity index (χ2v) is 7.20. The molecule has 31 heavy (non-hydrogen) atoms. The summed E-state index contributed by atoms with van der Waals surface area (Å²) in [6.07, 6.45) is 4.25. The molecule has 150 valence electrons. The molecule has 0 atom stereocenters. The fourth-order valence-corrected chi connectivity index (χ4v) is 3.52. The summed E-state index contributed by atoms with van der Waals surface area (Å²) in [6, 6.07) is 29.0. The van der Waals surface area contributed by atoms with Crippen molar-refractivity contribution in [1.29, 1.82) is 0 Å². The summed E-state index contributed by atoms with van der Waals surface area (Å²) >= 11 is 0. The van der Waals surface area contributed by atoms with E-state index < -0.39 is 0 Å². The molecule has 0 saturated heterocycles. The van der Waals surface area contributed by atoms with Crippen molar-refractivity contribution in [2.45, 2.75) is 0 Å². The van der Waals surface area contributed by atoms with E-state index in [1.807, 2.05) is 48.3 Å². The third-order valence-corrected chi connectivity index (χ3v) is 5.17. The van der Waals surface area contributed by atoms with Crippen molar-refractivity contribution in [2.75, 3.05) is 11.9 Å². The molecule has 6 heteroatoms. The summed E-state index contributed by atoms with van der Waals surface area (Å²) in [5.41, 5.74) is 5.43. The Balaban J connectivity index is 1.63. The Morgan fingerprint density at radius 3 is 2.29 bits per heavy atom. The van der Waals surface area contributed by atoms with Gasteiger partial charge in [-0.25, -0.2) is 10.1 Å². The molecule has 1 N–H and O–H groups in total. The molecular weight excluding hydrogens is 384 g/mol. The van der Waals surface area contributed by atoms with E-state index in [2.05, 4.69) is 81.3 Å². The lowest BCUT2D eigenvalue weighted by atomic mass is 9.99. The van der Waals surface area contributed by atoms with Crippen molar-refractivity contribution in [2.24, 2.45) is 0 Å². The number of anilines is 2. The number of nitrogens with zero attached hydrogens (tertiary/aromatic N) is 5. The van der Waals surface area contributed by atoms with Crippen molar-refractivity contribution in [3.8, 4) is 11.1 Å². The smallest absolute Gasteiger partial charge is 0.248 e. The molecule has 0 aliphatic carbocycles. The molecule has 2 heterocycles. The van der Waals surface area contributed by atoms with Gasteiger partial charge in [-0.15, -0.1) is 0 Å². The van der Waals surface area contributed by atoms with E-state index in [9.17, 15) is 0 Å². The fourth-order valence-electron chi connectivity index (χ4n) is 3.52. The number of hydrogen-bond acceptors (Lipinski definition) is 5. The molecule has 6 nitrogen and oxygen atoms in total. The average Bonchev–Trinajstić information content (AvgIpc) is 3.38. The highest BCUT2D eigenvalue weighted by atomic mass is 15.5. The first-order chi connectivity index (χ1) is 15.3. The highest BCUT2D eigenvalue weighted by molar-refractivity contribution is 5.97. The number of tetrazole rings is 1. The topological polar surface area (TPSA) is 70.6 Å². The molecule has 0 saturated carbocycles. The lowest BCUT2D eigenvalue weighted by molar-refractivity contribution is 0.881. The Bertz CT molecular complexity index is 1330. The van der Waals surface area contributed by atoms with Crippen molar-refractivity contribution < 1.29 is 0 Å². The average molecular weight is 404 g/mol. The summed E-state index contributed by atoms with van der Waals surface area (Å²) in [5.74, 6) is 1.30. The summed E-state index contributed by atoms with van der Waals surface area (Å²) in [6.45, 7) is 0. The van der Waals surface area contributed by atoms with Gasteiger partial charge in [0.05, 0.1) is 5.52 Å². The molecule has 0 amide bonds. The Kier molecular flexibility index (Phi) is 4.94. The van der Waals surface area contributed by atoms with Crippen molar-refractivity contribution in [3.63, 3.8) is 0 Å². The standard InChI is InChI=1S/C25H20N6/c1-31(25-27-29-30-28-25)24-17-21(20-10-6-3-7-11-20)22-16-19(14-15-23(22)26-24)13-12-18-8-4-2-5-9-18/h2-17H,1H3,(H,27,28,29,30)/b13-12+. The van der Waals surface area contributed by atoms with Crippen molar-refractivity contribution in [3.05, 3.63) is 96.1 Å². The molecule has 0 unspecified atom stereocenters. The normalized spacial score (nSPS) is 11.3. The SMILES string of the molecule is CN(c1cc(-c2ccccc2)c2cc(/C=C/c3ccccc3)ccc2n1)c1nnn[nH]1. The minimum Gasteiger partial charge on any atom is -0.297 e. The van der Waals surface area contributed by atoms with E-state index in [1.54, 1.807) is 0 Å². The lowest BCUT2D eigenvalue weighted by Gasteiger charge is -2.17. The van der Waals surface area contributed by atoms with E-state index in [4.69, 9.17) is 4.98 Å². The number of nitrogens with one attached hydrogen (secondary N) is 1. The van der Waals surface area contributed by atoms with Crippen LogP contribution < -0.4 is 4.90 Å². The largest absolute Gasteiger partial charge is 0.297 e. The fraction of sp³-hybridized carbons (Fsp3) is 0.0400. The minimum absolute atomic E-state index is 0.535. The Labute approximate surface area is 179 Å². The van der Waals surface area contributed by atoms with Crippen molar-refractivity contribution in [1.82, 2.24) is 25.6 Å². The number of benzene rings is 3. The second-order valence-electron chi connectivity index (χ2n) is 7.20. The maximum absolute atomic E-state index is 4.86. The van der Waals surface area contributed by atoms with E-state index in [1.165, 1.54) is 5.56 Å². The van der Waals surface area contributed by atoms with Gasteiger partial charge >= 0.3 is 0 Å². The lowest BCUT2D eigenvalue weighted by Crippen LogP contribution is -2.13. The van der Waals surface area contributed by atoms with Gasteiger partial charge in [0.1, 0.15) is 5.82 Å². The van der Waals surface area contributed by atoms with Crippen LogP contribution in [0.4, 0.5) is 11.8 Å². The number of hydrogen-bond donors (Lipinski definition) is 1. The third-order valence-electron chi connectivity index (χ3n) is 5.17. The number of pyridine rings is 1. The Morgan fingerprint density at radius 2 is 1.55 bits per heavy atom. The van der Waals surface area contributed by atoms with Crippen LogP contribution in [0, 0.1) is 0 Å². The minimum atomic E-state index is 0.535. The van der Waals surface area contributed by atoms with Crippen LogP contribution >= 0.6 is 0 Å². The molecule has 5 aromatic rings. The second kappa shape index (κ2) is 8.20. The number of H-pyrrole nitrogens is 1. The van der Waals surface area contributed by atoms with Gasteiger partial charge in [-0.3, -0.25) is 4.90 Å². The van der Waals surface area contributed by atoms with Gasteiger partial charge in [-0.2, -0.15) is 0 Å². The Hall–Kier alpha value is -4.32. The molecular formula is C25H20N6. The number of aromatic nitrogens is 5. The van der Waals surface area contributed by atoms with Crippen LogP contribution in [0.25, 0.3) is 34.2 Å². The maximum atomic E-state index is 4.86. The van der Waals surface area contributed by atoms with E-state index in [0.717, 1.165) is 33.4 Å². The maximum Gasteiger partial charge on any atom is 0.248 e. The van der Waals surface area contributed by atoms with Crippen molar-refractivity contribution >= 4 is 34.8 Å². The highest BCUT2D eigenvalue weighted by Gasteiger charge is 2.14. The van der Waals surface area contributed by atoms with Crippen LogP contribution in [0.15, 0.2) is 84.9 Å². The van der Waals surface area contributed by atoms with Gasteiger partial charge in [0.25, 0.3) is 0 Å². The molecule has 0 aliphatic heterocycles. The molecule has 5 rings (SSSR count). The molecule has 0 aliphatic rings. The number of rotatable bonds is 5. The first-order valence-corrected chi connectivity index (χ1v) is 9.99. The van der Waals surface area contributed by atoms with Crippen LogP contribution in [-0.2, 0) is 0 Å². The van der Waals surface area contributed by atoms with Crippen LogP contribution in [0.1, 0.15) is 11.1 Å². The molecule has 3 aromatic carbocycles. The predicted octanol–water partition coefficient (Wildman–Crippen LogP) is 5.35. The van der Waals surface area contributed by atoms with Gasteiger partial charge in [0, 0.05) is 12.4 Å². The molecule has 0 bridgehead atoms. The third kappa shape index (κ3) is 3.91. The highest BCUT2D eigenvalue weighted by Crippen LogP contribution is 2.33. The number of aromatic amines is 1. The number of fused-ring (bicyclic) bond motifs is 1. The van der Waals surface area contributed by atoms with Gasteiger partial charge in [-0.05, 0) is 50.9 Å². The van der Waals surface area contributed by atoms with Crippen LogP contribution in [0.3, 0.4) is 0 Å². The van der Waals surface area contributed by atoms with Crippen LogP contribution in [0.2, 0.25) is 0 Å². The van der Waals surface area contributed by atoms with Gasteiger partial charge < -0.3 is 0 Å². The molecule has 0 radical (unpaired) electrons. The van der Waals surface area contributed by atoms with Gasteiger partial charge in [0.15, 0.2) is 0 Å². The van der Waals surface area contributed by atoms with E-state index in [0.29, 0.717) is 5.95 Å². The monoisotopic (exact) mass is 404 g/mol. The first kappa shape index (κ1) is 18.7.